The first-order valence-corrected chi connectivity index (χ1v) is 7.43. The van der Waals surface area contributed by atoms with Crippen LogP contribution in [0.3, 0.4) is 0 Å². The molecule has 2 aromatic carbocycles. The zero-order valence-electron chi connectivity index (χ0n) is 13.6. The highest BCUT2D eigenvalue weighted by Crippen LogP contribution is 2.25. The molecule has 0 saturated heterocycles. The van der Waals surface area contributed by atoms with Crippen molar-refractivity contribution in [3.05, 3.63) is 59.4 Å². The van der Waals surface area contributed by atoms with Crippen molar-refractivity contribution in [2.24, 2.45) is 0 Å². The van der Waals surface area contributed by atoms with Crippen LogP contribution in [0, 0.1) is 5.82 Å². The van der Waals surface area contributed by atoms with E-state index in [0.29, 0.717) is 23.5 Å². The highest BCUT2D eigenvalue weighted by Gasteiger charge is 2.08. The van der Waals surface area contributed by atoms with Gasteiger partial charge in [0.1, 0.15) is 11.6 Å². The number of hydrogen-bond acceptors (Lipinski definition) is 3. The average Bonchev–Trinajstić information content (AvgIpc) is 2.52. The number of carbonyl (C=O) groups is 2. The maximum absolute atomic E-state index is 13.1. The van der Waals surface area contributed by atoms with E-state index >= 15 is 0 Å². The molecule has 0 aliphatic rings. The molecule has 0 spiro atoms. The molecule has 6 heteroatoms. The standard InChI is InChI=1S/C18H19FN2O3/c1-12(22)21-16-9-14(6-7-17(16)24-2)11-20-18(23)10-13-4-3-5-15(19)8-13/h3-9H,10-11H2,1-2H3,(H,20,23)(H,21,22). The molecule has 0 aromatic heterocycles. The molecule has 0 radical (unpaired) electrons. The molecule has 0 unspecified atom stereocenters. The third kappa shape index (κ3) is 5.08. The van der Waals surface area contributed by atoms with E-state index in [1.807, 2.05) is 0 Å². The number of benzene rings is 2. The van der Waals surface area contributed by atoms with Crippen molar-refractivity contribution in [2.45, 2.75) is 19.9 Å². The minimum atomic E-state index is -0.365. The van der Waals surface area contributed by atoms with E-state index in [2.05, 4.69) is 10.6 Å². The largest absolute Gasteiger partial charge is 0.495 e. The summed E-state index contributed by atoms with van der Waals surface area (Å²) in [5, 5.41) is 5.45. The van der Waals surface area contributed by atoms with Crippen molar-refractivity contribution < 1.29 is 18.7 Å². The van der Waals surface area contributed by atoms with E-state index in [0.717, 1.165) is 5.56 Å². The number of methoxy groups -OCH3 is 1. The van der Waals surface area contributed by atoms with Crippen molar-refractivity contribution in [1.82, 2.24) is 5.32 Å². The second kappa shape index (κ2) is 8.10. The van der Waals surface area contributed by atoms with Crippen LogP contribution in [0.4, 0.5) is 10.1 Å². The van der Waals surface area contributed by atoms with E-state index in [4.69, 9.17) is 4.74 Å². The molecule has 2 aromatic rings. The molecule has 0 aliphatic heterocycles. The summed E-state index contributed by atoms with van der Waals surface area (Å²) in [4.78, 5) is 23.2. The van der Waals surface area contributed by atoms with Gasteiger partial charge in [0.25, 0.3) is 0 Å². The molecule has 24 heavy (non-hydrogen) atoms. The van der Waals surface area contributed by atoms with Crippen molar-refractivity contribution in [2.75, 3.05) is 12.4 Å². The zero-order chi connectivity index (χ0) is 17.5. The number of anilines is 1. The number of rotatable bonds is 6. The first kappa shape index (κ1) is 17.5. The molecule has 2 rings (SSSR count). The van der Waals surface area contributed by atoms with E-state index in [-0.39, 0.29) is 24.1 Å². The summed E-state index contributed by atoms with van der Waals surface area (Å²) < 4.78 is 18.3. The van der Waals surface area contributed by atoms with E-state index < -0.39 is 0 Å². The summed E-state index contributed by atoms with van der Waals surface area (Å²) in [6, 6.07) is 11.2. The molecule has 126 valence electrons. The third-order valence-corrected chi connectivity index (χ3v) is 3.32. The lowest BCUT2D eigenvalue weighted by atomic mass is 10.1. The topological polar surface area (TPSA) is 67.4 Å². The fourth-order valence-electron chi connectivity index (χ4n) is 2.25. The van der Waals surface area contributed by atoms with Crippen LogP contribution in [0.1, 0.15) is 18.1 Å². The molecule has 0 aliphatic carbocycles. The molecule has 2 N–H and O–H groups in total. The van der Waals surface area contributed by atoms with Crippen LogP contribution >= 0.6 is 0 Å². The van der Waals surface area contributed by atoms with Crippen LogP contribution in [-0.4, -0.2) is 18.9 Å². The van der Waals surface area contributed by atoms with Gasteiger partial charge in [-0.15, -0.1) is 0 Å². The number of amides is 2. The van der Waals surface area contributed by atoms with Crippen LogP contribution in [-0.2, 0) is 22.6 Å². The molecule has 5 nitrogen and oxygen atoms in total. The van der Waals surface area contributed by atoms with Gasteiger partial charge in [0.15, 0.2) is 0 Å². The van der Waals surface area contributed by atoms with Gasteiger partial charge in [-0.2, -0.15) is 0 Å². The van der Waals surface area contributed by atoms with Gasteiger partial charge in [0.05, 0.1) is 19.2 Å². The summed E-state index contributed by atoms with van der Waals surface area (Å²) >= 11 is 0. The monoisotopic (exact) mass is 330 g/mol. The molecular weight excluding hydrogens is 311 g/mol. The van der Waals surface area contributed by atoms with Crippen LogP contribution in [0.2, 0.25) is 0 Å². The second-order valence-electron chi connectivity index (χ2n) is 5.30. The minimum absolute atomic E-state index is 0.104. The Morgan fingerprint density at radius 1 is 1.12 bits per heavy atom. The summed E-state index contributed by atoms with van der Waals surface area (Å²) in [6.07, 6.45) is 0.104. The van der Waals surface area contributed by atoms with E-state index in [1.54, 1.807) is 30.3 Å². The Morgan fingerprint density at radius 3 is 2.58 bits per heavy atom. The Bertz CT molecular complexity index is 747. The van der Waals surface area contributed by atoms with E-state index in [1.165, 1.54) is 26.2 Å². The fraction of sp³-hybridized carbons (Fsp3) is 0.222. The van der Waals surface area contributed by atoms with Gasteiger partial charge >= 0.3 is 0 Å². The van der Waals surface area contributed by atoms with Crippen LogP contribution in [0.5, 0.6) is 5.75 Å². The van der Waals surface area contributed by atoms with Gasteiger partial charge in [-0.25, -0.2) is 4.39 Å². The number of halogens is 1. The Balaban J connectivity index is 1.98. The summed E-state index contributed by atoms with van der Waals surface area (Å²) in [6.45, 7) is 1.71. The van der Waals surface area contributed by atoms with Crippen LogP contribution < -0.4 is 15.4 Å². The SMILES string of the molecule is COc1ccc(CNC(=O)Cc2cccc(F)c2)cc1NC(C)=O. The zero-order valence-corrected chi connectivity index (χ0v) is 13.6. The Kier molecular flexibility index (Phi) is 5.89. The lowest BCUT2D eigenvalue weighted by molar-refractivity contribution is -0.120. The maximum Gasteiger partial charge on any atom is 0.224 e. The number of hydrogen-bond donors (Lipinski definition) is 2. The van der Waals surface area contributed by atoms with E-state index in [9.17, 15) is 14.0 Å². The van der Waals surface area contributed by atoms with Gasteiger partial charge < -0.3 is 15.4 Å². The van der Waals surface area contributed by atoms with Gasteiger partial charge in [-0.3, -0.25) is 9.59 Å². The number of carbonyl (C=O) groups excluding carboxylic acids is 2. The summed E-state index contributed by atoms with van der Waals surface area (Å²) in [5.41, 5.74) is 1.97. The molecule has 0 saturated carbocycles. The fourth-order valence-corrected chi connectivity index (χ4v) is 2.25. The molecule has 0 bridgehead atoms. The Labute approximate surface area is 139 Å². The smallest absolute Gasteiger partial charge is 0.224 e. The van der Waals surface area contributed by atoms with Crippen molar-refractivity contribution in [3.8, 4) is 5.75 Å². The average molecular weight is 330 g/mol. The second-order valence-corrected chi connectivity index (χ2v) is 5.30. The lowest BCUT2D eigenvalue weighted by Crippen LogP contribution is -2.24. The minimum Gasteiger partial charge on any atom is -0.495 e. The predicted molar refractivity (Wildman–Crippen MR) is 89.2 cm³/mol. The highest BCUT2D eigenvalue weighted by atomic mass is 19.1. The first-order chi connectivity index (χ1) is 11.5. The molecule has 2 amide bonds. The Hall–Kier alpha value is -2.89. The van der Waals surface area contributed by atoms with Crippen LogP contribution in [0.15, 0.2) is 42.5 Å². The van der Waals surface area contributed by atoms with Crippen molar-refractivity contribution >= 4 is 17.5 Å². The van der Waals surface area contributed by atoms with Gasteiger partial charge in [0, 0.05) is 13.5 Å². The third-order valence-electron chi connectivity index (χ3n) is 3.32. The molecule has 0 fully saturated rings. The van der Waals surface area contributed by atoms with Gasteiger partial charge in [-0.05, 0) is 35.4 Å². The molecule has 0 atom stereocenters. The Morgan fingerprint density at radius 2 is 1.92 bits per heavy atom. The van der Waals surface area contributed by atoms with Crippen molar-refractivity contribution in [1.29, 1.82) is 0 Å². The lowest BCUT2D eigenvalue weighted by Gasteiger charge is -2.12. The molecule has 0 heterocycles. The van der Waals surface area contributed by atoms with Crippen LogP contribution in [0.25, 0.3) is 0 Å². The molecular formula is C18H19FN2O3. The predicted octanol–water partition coefficient (Wildman–Crippen LogP) is 2.65. The van der Waals surface area contributed by atoms with Gasteiger partial charge in [0.2, 0.25) is 11.8 Å². The highest BCUT2D eigenvalue weighted by molar-refractivity contribution is 5.90. The van der Waals surface area contributed by atoms with Crippen molar-refractivity contribution in [3.63, 3.8) is 0 Å². The number of nitrogens with one attached hydrogen (secondary N) is 2. The number of ether oxygens (including phenoxy) is 1. The van der Waals surface area contributed by atoms with Gasteiger partial charge in [-0.1, -0.05) is 18.2 Å². The summed E-state index contributed by atoms with van der Waals surface area (Å²) in [5.74, 6) is -0.242. The quantitative estimate of drug-likeness (QED) is 0.856. The normalized spacial score (nSPS) is 10.1. The maximum atomic E-state index is 13.1. The first-order valence-electron chi connectivity index (χ1n) is 7.43. The summed E-state index contributed by atoms with van der Waals surface area (Å²) in [7, 11) is 1.51.